The number of hydrogen-bond donors (Lipinski definition) is 1. The van der Waals surface area contributed by atoms with Crippen molar-refractivity contribution >= 4 is 28.4 Å². The minimum Gasteiger partial charge on any atom is -0.378 e. The fraction of sp³-hybridized carbons (Fsp3) is 0.381. The van der Waals surface area contributed by atoms with Crippen LogP contribution < -0.4 is 5.32 Å². The normalized spacial score (nSPS) is 15.7. The third-order valence-corrected chi connectivity index (χ3v) is 5.61. The molecule has 0 spiro atoms. The van der Waals surface area contributed by atoms with Crippen LogP contribution in [0.1, 0.15) is 12.5 Å². The Kier molecular flexibility index (Phi) is 5.35. The SMILES string of the molecule is C[C@@H](Nc1nc2c(C(F)(F)F)cccc2c2nc(-c3cnn(C)c3)nn12)C(=O)N1CCOCC1. The van der Waals surface area contributed by atoms with Gasteiger partial charge in [0.2, 0.25) is 11.9 Å². The molecule has 1 aromatic carbocycles. The van der Waals surface area contributed by atoms with E-state index in [1.165, 1.54) is 16.6 Å². The number of carbonyl (C=O) groups is 1. The van der Waals surface area contributed by atoms with E-state index in [4.69, 9.17) is 4.74 Å². The zero-order chi connectivity index (χ0) is 24.0. The topological polar surface area (TPSA) is 102 Å². The van der Waals surface area contributed by atoms with Crippen LogP contribution in [-0.2, 0) is 22.8 Å². The molecule has 10 nitrogen and oxygen atoms in total. The van der Waals surface area contributed by atoms with E-state index >= 15 is 0 Å². The first-order valence-corrected chi connectivity index (χ1v) is 10.6. The van der Waals surface area contributed by atoms with Crippen molar-refractivity contribution in [2.24, 2.45) is 7.05 Å². The summed E-state index contributed by atoms with van der Waals surface area (Å²) in [6.07, 6.45) is -1.37. The highest BCUT2D eigenvalue weighted by Gasteiger charge is 2.34. The third-order valence-electron chi connectivity index (χ3n) is 5.61. The lowest BCUT2D eigenvalue weighted by atomic mass is 10.1. The van der Waals surface area contributed by atoms with Crippen LogP contribution in [0, 0.1) is 0 Å². The molecule has 0 bridgehead atoms. The Morgan fingerprint density at radius 2 is 1.97 bits per heavy atom. The van der Waals surface area contributed by atoms with Gasteiger partial charge in [-0.05, 0) is 19.1 Å². The van der Waals surface area contributed by atoms with E-state index in [0.29, 0.717) is 31.9 Å². The Morgan fingerprint density at radius 3 is 2.65 bits per heavy atom. The lowest BCUT2D eigenvalue weighted by molar-refractivity contribution is -0.137. The van der Waals surface area contributed by atoms with Gasteiger partial charge >= 0.3 is 6.18 Å². The number of nitrogens with zero attached hydrogens (tertiary/aromatic N) is 7. The molecule has 4 heterocycles. The summed E-state index contributed by atoms with van der Waals surface area (Å²) in [5, 5.41) is 11.7. The van der Waals surface area contributed by atoms with Crippen LogP contribution in [0.3, 0.4) is 0 Å². The summed E-state index contributed by atoms with van der Waals surface area (Å²) in [5.41, 5.74) is -0.395. The Balaban J connectivity index is 1.65. The third kappa shape index (κ3) is 3.91. The summed E-state index contributed by atoms with van der Waals surface area (Å²) < 4.78 is 49.5. The zero-order valence-corrected chi connectivity index (χ0v) is 18.4. The van der Waals surface area contributed by atoms with Crippen molar-refractivity contribution in [2.45, 2.75) is 19.1 Å². The fourth-order valence-corrected chi connectivity index (χ4v) is 3.93. The predicted molar refractivity (Wildman–Crippen MR) is 116 cm³/mol. The standard InChI is InChI=1S/C21H21F3N8O2/c1-12(19(33)31-6-8-34-9-7-31)26-20-27-16-14(4-3-5-15(16)21(22,23)24)18-28-17(29-32(18)20)13-10-25-30(2)11-13/h3-5,10-12H,6-9H2,1-2H3,(H,26,27)/t12-/m1/s1. The van der Waals surface area contributed by atoms with Gasteiger partial charge in [0.1, 0.15) is 6.04 Å². The molecule has 3 aromatic heterocycles. The summed E-state index contributed by atoms with van der Waals surface area (Å²) in [7, 11) is 1.73. The maximum Gasteiger partial charge on any atom is 0.418 e. The highest BCUT2D eigenvalue weighted by molar-refractivity contribution is 5.95. The van der Waals surface area contributed by atoms with Crippen LogP contribution in [0.4, 0.5) is 19.1 Å². The van der Waals surface area contributed by atoms with Gasteiger partial charge < -0.3 is 15.0 Å². The minimum atomic E-state index is -4.62. The molecule has 1 amide bonds. The minimum absolute atomic E-state index is 0.0176. The molecule has 5 rings (SSSR count). The number of aryl methyl sites for hydroxylation is 1. The molecule has 0 radical (unpaired) electrons. The molecule has 1 atom stereocenters. The van der Waals surface area contributed by atoms with Gasteiger partial charge in [-0.1, -0.05) is 6.07 Å². The summed E-state index contributed by atoms with van der Waals surface area (Å²) in [6.45, 7) is 3.38. The number of nitrogens with one attached hydrogen (secondary N) is 1. The van der Waals surface area contributed by atoms with Gasteiger partial charge in [0, 0.05) is 31.7 Å². The number of alkyl halides is 3. The highest BCUT2D eigenvalue weighted by Crippen LogP contribution is 2.36. The largest absolute Gasteiger partial charge is 0.418 e. The second kappa shape index (κ2) is 8.24. The smallest absolute Gasteiger partial charge is 0.378 e. The molecular weight excluding hydrogens is 453 g/mol. The Hall–Kier alpha value is -3.74. The molecular formula is C21H21F3N8O2. The number of carbonyl (C=O) groups excluding carboxylic acids is 1. The lowest BCUT2D eigenvalue weighted by Gasteiger charge is -2.29. The molecule has 34 heavy (non-hydrogen) atoms. The number of aromatic nitrogens is 6. The summed E-state index contributed by atoms with van der Waals surface area (Å²) >= 11 is 0. The predicted octanol–water partition coefficient (Wildman–Crippen LogP) is 2.36. The van der Waals surface area contributed by atoms with Crippen LogP contribution in [0.25, 0.3) is 27.9 Å². The van der Waals surface area contributed by atoms with Crippen LogP contribution in [0.2, 0.25) is 0 Å². The van der Waals surface area contributed by atoms with Crippen molar-refractivity contribution in [3.05, 3.63) is 36.2 Å². The first-order chi connectivity index (χ1) is 16.2. The van der Waals surface area contributed by atoms with E-state index in [1.807, 2.05) is 0 Å². The molecule has 1 saturated heterocycles. The van der Waals surface area contributed by atoms with E-state index in [9.17, 15) is 18.0 Å². The monoisotopic (exact) mass is 474 g/mol. The van der Waals surface area contributed by atoms with E-state index in [1.54, 1.807) is 35.9 Å². The van der Waals surface area contributed by atoms with Gasteiger partial charge in [0.25, 0.3) is 0 Å². The summed E-state index contributed by atoms with van der Waals surface area (Å²) in [5.74, 6) is 0.0426. The molecule has 1 N–H and O–H groups in total. The Morgan fingerprint density at radius 1 is 1.21 bits per heavy atom. The van der Waals surface area contributed by atoms with Gasteiger partial charge in [-0.25, -0.2) is 9.97 Å². The number of amides is 1. The number of hydrogen-bond acceptors (Lipinski definition) is 7. The molecule has 13 heteroatoms. The number of ether oxygens (including phenoxy) is 1. The maximum absolute atomic E-state index is 13.8. The number of halogens is 3. The average molecular weight is 474 g/mol. The quantitative estimate of drug-likeness (QED) is 0.484. The number of anilines is 1. The molecule has 0 aliphatic carbocycles. The average Bonchev–Trinajstić information content (AvgIpc) is 3.45. The van der Waals surface area contributed by atoms with Crippen molar-refractivity contribution in [3.63, 3.8) is 0 Å². The van der Waals surface area contributed by atoms with Crippen LogP contribution in [-0.4, -0.2) is 72.5 Å². The van der Waals surface area contributed by atoms with E-state index in [-0.39, 0.29) is 34.2 Å². The molecule has 1 fully saturated rings. The molecule has 1 aliphatic heterocycles. The van der Waals surface area contributed by atoms with Crippen LogP contribution in [0.5, 0.6) is 0 Å². The number of morpholine rings is 1. The number of fused-ring (bicyclic) bond motifs is 3. The van der Waals surface area contributed by atoms with Crippen LogP contribution >= 0.6 is 0 Å². The summed E-state index contributed by atoms with van der Waals surface area (Å²) in [6, 6.07) is 3.02. The van der Waals surface area contributed by atoms with Gasteiger partial charge in [-0.2, -0.15) is 22.8 Å². The first kappa shape index (κ1) is 22.1. The van der Waals surface area contributed by atoms with Crippen molar-refractivity contribution in [3.8, 4) is 11.4 Å². The molecule has 4 aromatic rings. The van der Waals surface area contributed by atoms with Crippen molar-refractivity contribution in [2.75, 3.05) is 31.6 Å². The van der Waals surface area contributed by atoms with Crippen molar-refractivity contribution in [1.29, 1.82) is 0 Å². The highest BCUT2D eigenvalue weighted by atomic mass is 19.4. The number of rotatable bonds is 4. The van der Waals surface area contributed by atoms with Gasteiger partial charge in [0.15, 0.2) is 11.5 Å². The second-order valence-corrected chi connectivity index (χ2v) is 8.01. The molecule has 0 unspecified atom stereocenters. The maximum atomic E-state index is 13.8. The fourth-order valence-electron chi connectivity index (χ4n) is 3.93. The van der Waals surface area contributed by atoms with Gasteiger partial charge in [0.05, 0.1) is 36.1 Å². The van der Waals surface area contributed by atoms with Crippen LogP contribution in [0.15, 0.2) is 30.6 Å². The first-order valence-electron chi connectivity index (χ1n) is 10.6. The van der Waals surface area contributed by atoms with E-state index < -0.39 is 17.8 Å². The van der Waals surface area contributed by atoms with E-state index in [2.05, 4.69) is 25.5 Å². The molecule has 178 valence electrons. The number of benzene rings is 1. The number of para-hydroxylation sites is 1. The Labute approximate surface area is 191 Å². The molecule has 1 aliphatic rings. The lowest BCUT2D eigenvalue weighted by Crippen LogP contribution is -2.47. The van der Waals surface area contributed by atoms with Crippen molar-refractivity contribution in [1.82, 2.24) is 34.3 Å². The van der Waals surface area contributed by atoms with Gasteiger partial charge in [-0.3, -0.25) is 9.48 Å². The van der Waals surface area contributed by atoms with Crippen molar-refractivity contribution < 1.29 is 22.7 Å². The second-order valence-electron chi connectivity index (χ2n) is 8.01. The molecule has 0 saturated carbocycles. The summed E-state index contributed by atoms with van der Waals surface area (Å²) in [4.78, 5) is 23.3. The van der Waals surface area contributed by atoms with Gasteiger partial charge in [-0.15, -0.1) is 5.10 Å². The Bertz CT molecular complexity index is 1370. The van der Waals surface area contributed by atoms with E-state index in [0.717, 1.165) is 6.07 Å². The zero-order valence-electron chi connectivity index (χ0n) is 18.4.